The summed E-state index contributed by atoms with van der Waals surface area (Å²) in [5.74, 6) is 2.59. The van der Waals surface area contributed by atoms with Crippen LogP contribution in [-0.2, 0) is 0 Å². The lowest BCUT2D eigenvalue weighted by Gasteiger charge is -1.90. The third-order valence-corrected chi connectivity index (χ3v) is 0.604. The fourth-order valence-corrected chi connectivity index (χ4v) is 0.188. The van der Waals surface area contributed by atoms with E-state index in [1.165, 1.54) is 0 Å². The summed E-state index contributed by atoms with van der Waals surface area (Å²) in [5, 5.41) is 8.31. The van der Waals surface area contributed by atoms with Gasteiger partial charge in [-0.3, -0.25) is 0 Å². The molecule has 0 rings (SSSR count). The molecule has 3 N–H and O–H groups in total. The van der Waals surface area contributed by atoms with Gasteiger partial charge in [-0.2, -0.15) is 0 Å². The van der Waals surface area contributed by atoms with E-state index >= 15 is 0 Å². The van der Waals surface area contributed by atoms with Gasteiger partial charge in [0.1, 0.15) is 0 Å². The Morgan fingerprint density at radius 1 is 1.86 bits per heavy atom. The van der Waals surface area contributed by atoms with Crippen molar-refractivity contribution in [1.29, 1.82) is 0 Å². The van der Waals surface area contributed by atoms with Crippen LogP contribution >= 0.6 is 0 Å². The van der Waals surface area contributed by atoms with Gasteiger partial charge in [0.2, 0.25) is 0 Å². The first-order valence-corrected chi connectivity index (χ1v) is 2.13. The van der Waals surface area contributed by atoms with E-state index in [4.69, 9.17) is 10.8 Å². The summed E-state index contributed by atoms with van der Waals surface area (Å²) in [5.41, 5.74) is 4.83. The Hall–Kier alpha value is -0.680. The van der Waals surface area contributed by atoms with Crippen LogP contribution in [0.1, 0.15) is 6.92 Å². The molecule has 1 atom stereocenters. The molecule has 2 nitrogen and oxygen atoms in total. The minimum absolute atomic E-state index is 0.0185. The molecular weight excluding hydrogens is 90.1 g/mol. The Balaban J connectivity index is 3.29. The Morgan fingerprint density at radius 2 is 2.43 bits per heavy atom. The van der Waals surface area contributed by atoms with Crippen LogP contribution < -0.4 is 5.73 Å². The van der Waals surface area contributed by atoms with Crippen molar-refractivity contribution in [3.63, 3.8) is 0 Å². The third-order valence-electron chi connectivity index (χ3n) is 0.604. The van der Waals surface area contributed by atoms with E-state index in [1.54, 1.807) is 6.92 Å². The van der Waals surface area contributed by atoms with Crippen molar-refractivity contribution in [2.75, 3.05) is 6.61 Å². The van der Waals surface area contributed by atoms with Gasteiger partial charge in [0.15, 0.2) is 0 Å². The monoisotopic (exact) mass is 99.1 g/mol. The molecule has 40 valence electrons. The van der Waals surface area contributed by atoms with E-state index in [2.05, 4.69) is 12.0 Å². The first-order valence-electron chi connectivity index (χ1n) is 2.13. The first kappa shape index (κ1) is 6.32. The Morgan fingerprint density at radius 3 is 2.57 bits per heavy atom. The average molecular weight is 99.1 g/mol. The van der Waals surface area contributed by atoms with Crippen molar-refractivity contribution >= 4 is 0 Å². The molecule has 0 aliphatic heterocycles. The predicted octanol–water partition coefficient (Wildman–Crippen LogP) is -0.466. The van der Waals surface area contributed by atoms with Crippen molar-refractivity contribution < 1.29 is 5.11 Å². The maximum Gasteiger partial charge on any atom is 0.0566 e. The van der Waals surface area contributed by atoms with Crippen molar-refractivity contribution in [2.24, 2.45) is 11.7 Å². The quantitative estimate of drug-likeness (QED) is 0.345. The standard InChI is InChI=1S/C5H9NO/c1-5(4-7)2-3-6/h5,7H,4,6H2,1H3. The molecule has 0 bridgehead atoms. The van der Waals surface area contributed by atoms with Gasteiger partial charge in [-0.1, -0.05) is 5.92 Å². The first-order chi connectivity index (χ1) is 3.31. The maximum absolute atomic E-state index is 8.31. The third kappa shape index (κ3) is 3.14. The molecule has 2 heteroatoms. The molecule has 0 aliphatic carbocycles. The van der Waals surface area contributed by atoms with Gasteiger partial charge in [0.25, 0.3) is 0 Å². The van der Waals surface area contributed by atoms with E-state index in [0.29, 0.717) is 0 Å². The fourth-order valence-electron chi connectivity index (χ4n) is 0.188. The number of aliphatic hydroxyl groups is 1. The largest absolute Gasteiger partial charge is 0.395 e. The number of aliphatic hydroxyl groups excluding tert-OH is 1. The SMILES string of the molecule is CC(C#CN)CO. The lowest BCUT2D eigenvalue weighted by atomic mass is 10.2. The summed E-state index contributed by atoms with van der Waals surface area (Å²) < 4.78 is 0. The molecule has 0 saturated heterocycles. The lowest BCUT2D eigenvalue weighted by molar-refractivity contribution is 0.266. The molecule has 0 radical (unpaired) electrons. The van der Waals surface area contributed by atoms with E-state index in [1.807, 2.05) is 0 Å². The summed E-state index contributed by atoms with van der Waals surface area (Å²) in [6.07, 6.45) is 0. The topological polar surface area (TPSA) is 46.2 Å². The van der Waals surface area contributed by atoms with E-state index in [0.717, 1.165) is 0 Å². The van der Waals surface area contributed by atoms with Gasteiger partial charge in [0, 0.05) is 12.0 Å². The van der Waals surface area contributed by atoms with Crippen LogP contribution in [0.3, 0.4) is 0 Å². The van der Waals surface area contributed by atoms with Crippen LogP contribution in [0.25, 0.3) is 0 Å². The van der Waals surface area contributed by atoms with Gasteiger partial charge in [0.05, 0.1) is 6.61 Å². The van der Waals surface area contributed by atoms with Gasteiger partial charge in [-0.25, -0.2) is 0 Å². The van der Waals surface area contributed by atoms with Crippen LogP contribution in [0.15, 0.2) is 0 Å². The molecule has 0 aromatic rings. The molecule has 0 aromatic heterocycles. The van der Waals surface area contributed by atoms with Gasteiger partial charge in [-0.05, 0) is 6.92 Å². The molecule has 0 heterocycles. The Bertz CT molecular complexity index is 90.0. The number of nitrogens with two attached hydrogens (primary N) is 1. The zero-order valence-electron chi connectivity index (χ0n) is 4.31. The smallest absolute Gasteiger partial charge is 0.0566 e. The van der Waals surface area contributed by atoms with Crippen LogP contribution in [-0.4, -0.2) is 11.7 Å². The zero-order chi connectivity index (χ0) is 5.70. The van der Waals surface area contributed by atoms with Gasteiger partial charge in [-0.15, -0.1) is 0 Å². The summed E-state index contributed by atoms with van der Waals surface area (Å²) in [6.45, 7) is 1.89. The second-order valence-electron chi connectivity index (χ2n) is 1.37. The predicted molar refractivity (Wildman–Crippen MR) is 28.2 cm³/mol. The minimum Gasteiger partial charge on any atom is -0.395 e. The lowest BCUT2D eigenvalue weighted by Crippen LogP contribution is -1.96. The highest BCUT2D eigenvalue weighted by Gasteiger charge is 1.88. The average Bonchev–Trinajstić information content (AvgIpc) is 1.68. The number of hydrogen-bond acceptors (Lipinski definition) is 2. The summed E-state index contributed by atoms with van der Waals surface area (Å²) >= 11 is 0. The second-order valence-corrected chi connectivity index (χ2v) is 1.37. The molecule has 0 spiro atoms. The highest BCUT2D eigenvalue weighted by molar-refractivity contribution is 4.97. The molecule has 1 unspecified atom stereocenters. The van der Waals surface area contributed by atoms with E-state index in [9.17, 15) is 0 Å². The van der Waals surface area contributed by atoms with Crippen LogP contribution in [0.4, 0.5) is 0 Å². The fraction of sp³-hybridized carbons (Fsp3) is 0.600. The molecule has 0 fully saturated rings. The molecular formula is C5H9NO. The summed E-state index contributed by atoms with van der Waals surface area (Å²) in [6, 6.07) is 2.21. The highest BCUT2D eigenvalue weighted by atomic mass is 16.3. The Labute approximate surface area is 43.3 Å². The molecule has 0 aromatic carbocycles. The summed E-state index contributed by atoms with van der Waals surface area (Å²) in [7, 11) is 0. The highest BCUT2D eigenvalue weighted by Crippen LogP contribution is 1.84. The minimum atomic E-state index is 0.0185. The number of rotatable bonds is 1. The molecule has 0 saturated carbocycles. The molecule has 0 amide bonds. The number of hydrogen-bond donors (Lipinski definition) is 2. The molecule has 7 heavy (non-hydrogen) atoms. The van der Waals surface area contributed by atoms with Crippen molar-refractivity contribution in [2.45, 2.75) is 6.92 Å². The maximum atomic E-state index is 8.31. The van der Waals surface area contributed by atoms with Crippen LogP contribution in [0.2, 0.25) is 0 Å². The van der Waals surface area contributed by atoms with Crippen molar-refractivity contribution in [1.82, 2.24) is 0 Å². The van der Waals surface area contributed by atoms with E-state index < -0.39 is 0 Å². The van der Waals surface area contributed by atoms with Crippen molar-refractivity contribution in [3.05, 3.63) is 0 Å². The summed E-state index contributed by atoms with van der Waals surface area (Å²) in [4.78, 5) is 0. The Kier molecular flexibility index (Phi) is 3.17. The second kappa shape index (κ2) is 3.51. The van der Waals surface area contributed by atoms with Crippen LogP contribution in [0, 0.1) is 17.9 Å². The van der Waals surface area contributed by atoms with Gasteiger partial charge >= 0.3 is 0 Å². The van der Waals surface area contributed by atoms with Gasteiger partial charge < -0.3 is 10.8 Å². The van der Waals surface area contributed by atoms with Crippen LogP contribution in [0.5, 0.6) is 0 Å². The normalized spacial score (nSPS) is 11.7. The van der Waals surface area contributed by atoms with Crippen molar-refractivity contribution in [3.8, 4) is 12.0 Å². The van der Waals surface area contributed by atoms with E-state index in [-0.39, 0.29) is 12.5 Å². The zero-order valence-corrected chi connectivity index (χ0v) is 4.31. The molecule has 0 aliphatic rings.